The molecular formula is C18H17F2NO3. The molecule has 0 aliphatic heterocycles. The minimum absolute atomic E-state index is 0.0256. The molecule has 0 aliphatic carbocycles. The number of halogens is 2. The minimum atomic E-state index is -2.88. The summed E-state index contributed by atoms with van der Waals surface area (Å²) in [6, 6.07) is 13.0. The molecule has 0 spiro atoms. The van der Waals surface area contributed by atoms with Crippen molar-refractivity contribution in [1.29, 1.82) is 0 Å². The number of amides is 1. The lowest BCUT2D eigenvalue weighted by Crippen LogP contribution is -2.20. The van der Waals surface area contributed by atoms with Crippen LogP contribution in [0, 0.1) is 0 Å². The Hall–Kier alpha value is -2.89. The topological polar surface area (TPSA) is 47.6 Å². The number of allylic oxidation sites excluding steroid dienone is 1. The average molecular weight is 333 g/mol. The first-order valence-corrected chi connectivity index (χ1v) is 7.25. The highest BCUT2D eigenvalue weighted by Gasteiger charge is 2.08. The lowest BCUT2D eigenvalue weighted by molar-refractivity contribution is -0.118. The van der Waals surface area contributed by atoms with Crippen LogP contribution in [-0.4, -0.2) is 19.1 Å². The summed E-state index contributed by atoms with van der Waals surface area (Å²) in [6.45, 7) is 0.638. The van der Waals surface area contributed by atoms with Gasteiger partial charge in [-0.2, -0.15) is 8.78 Å². The van der Waals surface area contributed by atoms with Gasteiger partial charge in [-0.1, -0.05) is 24.3 Å². The number of carbonyl (C=O) groups excluding carboxylic acids is 1. The van der Waals surface area contributed by atoms with Gasteiger partial charge in [-0.05, 0) is 42.3 Å². The molecular weight excluding hydrogens is 316 g/mol. The quantitative estimate of drug-likeness (QED) is 0.742. The molecule has 0 saturated heterocycles. The Morgan fingerprint density at radius 1 is 1.17 bits per heavy atom. The molecule has 0 aliphatic rings. The molecule has 0 heterocycles. The van der Waals surface area contributed by atoms with Crippen molar-refractivity contribution in [3.63, 3.8) is 0 Å². The summed E-state index contributed by atoms with van der Waals surface area (Å²) in [6.07, 6.45) is 2.40. The molecule has 24 heavy (non-hydrogen) atoms. The van der Waals surface area contributed by atoms with Crippen LogP contribution in [0.4, 0.5) is 14.5 Å². The van der Waals surface area contributed by atoms with Crippen molar-refractivity contribution in [2.75, 3.05) is 11.9 Å². The van der Waals surface area contributed by atoms with E-state index < -0.39 is 6.61 Å². The lowest BCUT2D eigenvalue weighted by Gasteiger charge is -2.11. The number of ether oxygens (including phenoxy) is 2. The molecule has 6 heteroatoms. The number of rotatable bonds is 8. The van der Waals surface area contributed by atoms with Crippen LogP contribution in [0.1, 0.15) is 5.56 Å². The summed E-state index contributed by atoms with van der Waals surface area (Å²) < 4.78 is 33.9. The summed E-state index contributed by atoms with van der Waals surface area (Å²) in [7, 11) is 0. The summed E-state index contributed by atoms with van der Waals surface area (Å²) in [5, 5.41) is 2.62. The second-order valence-electron chi connectivity index (χ2n) is 4.84. The van der Waals surface area contributed by atoms with E-state index in [0.717, 1.165) is 5.56 Å². The molecule has 0 atom stereocenters. The van der Waals surface area contributed by atoms with Crippen LogP contribution < -0.4 is 14.8 Å². The highest BCUT2D eigenvalue weighted by molar-refractivity contribution is 5.91. The van der Waals surface area contributed by atoms with E-state index in [0.29, 0.717) is 17.9 Å². The van der Waals surface area contributed by atoms with Crippen LogP contribution in [0.15, 0.2) is 61.2 Å². The molecule has 0 aromatic heterocycles. The average Bonchev–Trinajstić information content (AvgIpc) is 2.56. The van der Waals surface area contributed by atoms with Crippen LogP contribution in [0.25, 0.3) is 0 Å². The number of benzene rings is 2. The number of anilines is 1. The Morgan fingerprint density at radius 2 is 1.88 bits per heavy atom. The van der Waals surface area contributed by atoms with Crippen molar-refractivity contribution in [3.05, 3.63) is 66.7 Å². The van der Waals surface area contributed by atoms with Gasteiger partial charge in [-0.3, -0.25) is 4.79 Å². The molecule has 2 rings (SSSR count). The van der Waals surface area contributed by atoms with Crippen LogP contribution >= 0.6 is 0 Å². The second-order valence-corrected chi connectivity index (χ2v) is 4.84. The standard InChI is InChI=1S/C18H17F2NO3/c1-2-5-13-6-3-4-7-16(13)23-12-17(22)21-14-8-10-15(11-9-14)24-18(19)20/h2-4,6-11,18H,1,5,12H2,(H,21,22). The highest BCUT2D eigenvalue weighted by atomic mass is 19.3. The summed E-state index contributed by atoms with van der Waals surface area (Å²) in [4.78, 5) is 11.9. The van der Waals surface area contributed by atoms with Gasteiger partial charge in [0.25, 0.3) is 5.91 Å². The zero-order valence-corrected chi connectivity index (χ0v) is 12.9. The second kappa shape index (κ2) is 8.67. The molecule has 126 valence electrons. The Bertz CT molecular complexity index is 687. The smallest absolute Gasteiger partial charge is 0.387 e. The van der Waals surface area contributed by atoms with Gasteiger partial charge in [0.1, 0.15) is 11.5 Å². The third-order valence-corrected chi connectivity index (χ3v) is 3.06. The van der Waals surface area contributed by atoms with Gasteiger partial charge in [0.05, 0.1) is 0 Å². The lowest BCUT2D eigenvalue weighted by atomic mass is 10.1. The van der Waals surface area contributed by atoms with Gasteiger partial charge in [-0.25, -0.2) is 0 Å². The molecule has 0 saturated carbocycles. The fourth-order valence-electron chi connectivity index (χ4n) is 2.03. The summed E-state index contributed by atoms with van der Waals surface area (Å²) in [5.41, 5.74) is 1.40. The van der Waals surface area contributed by atoms with Gasteiger partial charge in [-0.15, -0.1) is 6.58 Å². The first kappa shape index (κ1) is 17.5. The van der Waals surface area contributed by atoms with E-state index in [1.165, 1.54) is 24.3 Å². The zero-order chi connectivity index (χ0) is 17.4. The molecule has 1 amide bonds. The van der Waals surface area contributed by atoms with E-state index >= 15 is 0 Å². The van der Waals surface area contributed by atoms with Crippen LogP contribution in [0.5, 0.6) is 11.5 Å². The molecule has 0 bridgehead atoms. The minimum Gasteiger partial charge on any atom is -0.483 e. The molecule has 0 unspecified atom stereocenters. The zero-order valence-electron chi connectivity index (χ0n) is 12.9. The molecule has 2 aromatic rings. The number of nitrogens with one attached hydrogen (secondary N) is 1. The number of carbonyl (C=O) groups is 1. The number of alkyl halides is 2. The van der Waals surface area contributed by atoms with Crippen LogP contribution in [-0.2, 0) is 11.2 Å². The first-order valence-electron chi connectivity index (χ1n) is 7.25. The Morgan fingerprint density at radius 3 is 2.54 bits per heavy atom. The van der Waals surface area contributed by atoms with Gasteiger partial charge in [0.2, 0.25) is 0 Å². The maximum absolute atomic E-state index is 12.1. The summed E-state index contributed by atoms with van der Waals surface area (Å²) >= 11 is 0. The van der Waals surface area contributed by atoms with Crippen LogP contribution in [0.2, 0.25) is 0 Å². The molecule has 4 nitrogen and oxygen atoms in total. The van der Waals surface area contributed by atoms with E-state index in [1.807, 2.05) is 18.2 Å². The van der Waals surface area contributed by atoms with Crippen molar-refractivity contribution in [3.8, 4) is 11.5 Å². The Kier molecular flexibility index (Phi) is 6.31. The maximum atomic E-state index is 12.1. The van der Waals surface area contributed by atoms with Gasteiger partial charge >= 0.3 is 6.61 Å². The normalized spacial score (nSPS) is 10.3. The third kappa shape index (κ3) is 5.39. The Balaban J connectivity index is 1.88. The van der Waals surface area contributed by atoms with E-state index in [2.05, 4.69) is 16.6 Å². The molecule has 2 aromatic carbocycles. The van der Waals surface area contributed by atoms with Gasteiger partial charge in [0.15, 0.2) is 6.61 Å². The van der Waals surface area contributed by atoms with Crippen molar-refractivity contribution in [1.82, 2.24) is 0 Å². The van der Waals surface area contributed by atoms with E-state index in [1.54, 1.807) is 12.1 Å². The largest absolute Gasteiger partial charge is 0.483 e. The summed E-state index contributed by atoms with van der Waals surface area (Å²) in [5.74, 6) is 0.289. The number of para-hydroxylation sites is 1. The van der Waals surface area contributed by atoms with Crippen LogP contribution in [0.3, 0.4) is 0 Å². The fraction of sp³-hybridized carbons (Fsp3) is 0.167. The van der Waals surface area contributed by atoms with Gasteiger partial charge in [0, 0.05) is 5.69 Å². The van der Waals surface area contributed by atoms with Crippen molar-refractivity contribution >= 4 is 11.6 Å². The van der Waals surface area contributed by atoms with E-state index in [-0.39, 0.29) is 18.3 Å². The Labute approximate surface area is 138 Å². The number of hydrogen-bond acceptors (Lipinski definition) is 3. The predicted octanol–water partition coefficient (Wildman–Crippen LogP) is 4.03. The van der Waals surface area contributed by atoms with Gasteiger partial charge < -0.3 is 14.8 Å². The highest BCUT2D eigenvalue weighted by Crippen LogP contribution is 2.20. The van der Waals surface area contributed by atoms with Crippen molar-refractivity contribution in [2.45, 2.75) is 13.0 Å². The third-order valence-electron chi connectivity index (χ3n) is 3.06. The molecule has 0 fully saturated rings. The first-order chi connectivity index (χ1) is 11.6. The predicted molar refractivity (Wildman–Crippen MR) is 87.5 cm³/mol. The molecule has 0 radical (unpaired) electrons. The fourth-order valence-corrected chi connectivity index (χ4v) is 2.03. The van der Waals surface area contributed by atoms with Crippen molar-refractivity contribution < 1.29 is 23.0 Å². The molecule has 1 N–H and O–H groups in total. The van der Waals surface area contributed by atoms with Crippen molar-refractivity contribution in [2.24, 2.45) is 0 Å². The van der Waals surface area contributed by atoms with E-state index in [4.69, 9.17) is 4.74 Å². The monoisotopic (exact) mass is 333 g/mol. The number of hydrogen-bond donors (Lipinski definition) is 1. The van der Waals surface area contributed by atoms with E-state index in [9.17, 15) is 13.6 Å². The SMILES string of the molecule is C=CCc1ccccc1OCC(=O)Nc1ccc(OC(F)F)cc1. The maximum Gasteiger partial charge on any atom is 0.387 e.